The number of nitrogens with one attached hydrogen (secondary N) is 3. The first-order valence-electron chi connectivity index (χ1n) is 9.29. The summed E-state index contributed by atoms with van der Waals surface area (Å²) in [6.45, 7) is 5.04. The van der Waals surface area contributed by atoms with Crippen molar-refractivity contribution in [2.45, 2.75) is 6.92 Å². The largest absolute Gasteiger partial charge is 0.340 e. The Labute approximate surface area is 178 Å². The number of benzene rings is 2. The van der Waals surface area contributed by atoms with E-state index in [1.807, 2.05) is 0 Å². The van der Waals surface area contributed by atoms with Crippen molar-refractivity contribution >= 4 is 40.6 Å². The van der Waals surface area contributed by atoms with E-state index in [9.17, 15) is 14.0 Å². The van der Waals surface area contributed by atoms with E-state index in [0.717, 1.165) is 0 Å². The first kappa shape index (κ1) is 21.4. The van der Waals surface area contributed by atoms with Crippen LogP contribution in [0.5, 0.6) is 0 Å². The third-order valence-corrected chi connectivity index (χ3v) is 4.30. The molecule has 3 N–H and O–H groups in total. The molecule has 0 spiro atoms. The molecule has 3 amide bonds. The topological polar surface area (TPSA) is 99.2 Å². The molecule has 0 aliphatic carbocycles. The summed E-state index contributed by atoms with van der Waals surface area (Å²) < 4.78 is 13.4. The number of amides is 3. The molecule has 0 atom stereocenters. The average Bonchev–Trinajstić information content (AvgIpc) is 2.76. The number of hydrogen-bond donors (Lipinski definition) is 3. The van der Waals surface area contributed by atoms with Crippen molar-refractivity contribution in [3.8, 4) is 0 Å². The molecule has 0 saturated carbocycles. The molecule has 3 rings (SSSR count). The summed E-state index contributed by atoms with van der Waals surface area (Å²) in [6, 6.07) is 12.5. The third-order valence-electron chi connectivity index (χ3n) is 4.30. The normalized spacial score (nSPS) is 10.2. The molecule has 0 bridgehead atoms. The standard InChI is InChI=1S/C22H21FN6O2/c1-4-21(30)27-16-7-5-6-15(11-16)26-19-12-20(25-13-24-19)29(3)22(31)28-17-8-9-18(23)14(2)10-17/h4-13H,1H2,2-3H3,(H,27,30)(H,28,31)(H,24,25,26). The van der Waals surface area contributed by atoms with E-state index in [-0.39, 0.29) is 11.7 Å². The zero-order valence-electron chi connectivity index (χ0n) is 17.0. The van der Waals surface area contributed by atoms with Gasteiger partial charge in [-0.05, 0) is 55.0 Å². The fraction of sp³-hybridized carbons (Fsp3) is 0.0909. The molecule has 9 heteroatoms. The number of aryl methyl sites for hydroxylation is 1. The lowest BCUT2D eigenvalue weighted by molar-refractivity contribution is -0.111. The Hall–Kier alpha value is -4.27. The van der Waals surface area contributed by atoms with Gasteiger partial charge in [-0.3, -0.25) is 9.69 Å². The molecular formula is C22H21FN6O2. The number of hydrogen-bond acceptors (Lipinski definition) is 5. The van der Waals surface area contributed by atoms with Crippen molar-refractivity contribution in [2.24, 2.45) is 0 Å². The predicted molar refractivity (Wildman–Crippen MR) is 119 cm³/mol. The average molecular weight is 420 g/mol. The fourth-order valence-corrected chi connectivity index (χ4v) is 2.65. The van der Waals surface area contributed by atoms with E-state index >= 15 is 0 Å². The Morgan fingerprint density at radius 3 is 2.52 bits per heavy atom. The van der Waals surface area contributed by atoms with Crippen LogP contribution in [-0.2, 0) is 4.79 Å². The highest BCUT2D eigenvalue weighted by Crippen LogP contribution is 2.21. The summed E-state index contributed by atoms with van der Waals surface area (Å²) in [7, 11) is 1.56. The molecule has 1 heterocycles. The summed E-state index contributed by atoms with van der Waals surface area (Å²) >= 11 is 0. The van der Waals surface area contributed by atoms with E-state index < -0.39 is 6.03 Å². The maximum absolute atomic E-state index is 13.4. The molecule has 0 aliphatic rings. The van der Waals surface area contributed by atoms with Crippen LogP contribution in [0.2, 0.25) is 0 Å². The Bertz CT molecular complexity index is 1130. The monoisotopic (exact) mass is 420 g/mol. The molecule has 2 aromatic carbocycles. The Morgan fingerprint density at radius 1 is 1.03 bits per heavy atom. The second kappa shape index (κ2) is 9.49. The summed E-state index contributed by atoms with van der Waals surface area (Å²) in [4.78, 5) is 33.6. The first-order valence-corrected chi connectivity index (χ1v) is 9.29. The third kappa shape index (κ3) is 5.63. The Kier molecular flexibility index (Phi) is 6.56. The highest BCUT2D eigenvalue weighted by Gasteiger charge is 2.14. The number of nitrogens with zero attached hydrogens (tertiary/aromatic N) is 3. The summed E-state index contributed by atoms with van der Waals surface area (Å²) in [5.74, 6) is 0.149. The van der Waals surface area contributed by atoms with Crippen LogP contribution < -0.4 is 20.9 Å². The number of urea groups is 1. The van der Waals surface area contributed by atoms with Crippen molar-refractivity contribution in [2.75, 3.05) is 27.9 Å². The lowest BCUT2D eigenvalue weighted by atomic mass is 10.2. The van der Waals surface area contributed by atoms with E-state index in [1.165, 1.54) is 29.4 Å². The molecule has 0 radical (unpaired) electrons. The molecule has 158 valence electrons. The molecule has 3 aromatic rings. The fourth-order valence-electron chi connectivity index (χ4n) is 2.65. The van der Waals surface area contributed by atoms with Crippen LogP contribution in [0.1, 0.15) is 5.56 Å². The molecule has 1 aromatic heterocycles. The van der Waals surface area contributed by atoms with Gasteiger partial charge in [0.05, 0.1) is 0 Å². The van der Waals surface area contributed by atoms with Gasteiger partial charge in [0, 0.05) is 30.2 Å². The maximum atomic E-state index is 13.4. The van der Waals surface area contributed by atoms with Gasteiger partial charge in [0.2, 0.25) is 5.91 Å². The lowest BCUT2D eigenvalue weighted by Gasteiger charge is -2.18. The second-order valence-electron chi connectivity index (χ2n) is 6.61. The number of carbonyl (C=O) groups excluding carboxylic acids is 2. The van der Waals surface area contributed by atoms with Crippen LogP contribution in [0, 0.1) is 12.7 Å². The highest BCUT2D eigenvalue weighted by atomic mass is 19.1. The minimum atomic E-state index is -0.440. The smallest absolute Gasteiger partial charge is 0.327 e. The lowest BCUT2D eigenvalue weighted by Crippen LogP contribution is -2.31. The van der Waals surface area contributed by atoms with Gasteiger partial charge in [-0.25, -0.2) is 19.2 Å². The molecule has 0 unspecified atom stereocenters. The maximum Gasteiger partial charge on any atom is 0.327 e. The van der Waals surface area contributed by atoms with Crippen molar-refractivity contribution in [3.05, 3.63) is 78.9 Å². The zero-order chi connectivity index (χ0) is 22.4. The summed E-state index contributed by atoms with van der Waals surface area (Å²) in [6.07, 6.45) is 2.51. The van der Waals surface area contributed by atoms with Crippen LogP contribution >= 0.6 is 0 Å². The molecule has 8 nitrogen and oxygen atoms in total. The van der Waals surface area contributed by atoms with Gasteiger partial charge >= 0.3 is 6.03 Å². The van der Waals surface area contributed by atoms with Crippen LogP contribution in [0.4, 0.5) is 37.9 Å². The SMILES string of the molecule is C=CC(=O)Nc1cccc(Nc2cc(N(C)C(=O)Nc3ccc(F)c(C)c3)ncn2)c1. The molecule has 0 saturated heterocycles. The van der Waals surface area contributed by atoms with Gasteiger partial charge in [0.1, 0.15) is 23.8 Å². The summed E-state index contributed by atoms with van der Waals surface area (Å²) in [5, 5.41) is 8.48. The molecular weight excluding hydrogens is 399 g/mol. The number of anilines is 5. The molecule has 31 heavy (non-hydrogen) atoms. The minimum absolute atomic E-state index is 0.314. The molecule has 0 fully saturated rings. The van der Waals surface area contributed by atoms with E-state index in [2.05, 4.69) is 32.5 Å². The zero-order valence-corrected chi connectivity index (χ0v) is 17.0. The van der Waals surface area contributed by atoms with E-state index in [1.54, 1.807) is 50.4 Å². The van der Waals surface area contributed by atoms with Crippen LogP contribution in [0.3, 0.4) is 0 Å². The Balaban J connectivity index is 1.71. The van der Waals surface area contributed by atoms with Gasteiger partial charge in [-0.15, -0.1) is 0 Å². The van der Waals surface area contributed by atoms with Gasteiger partial charge < -0.3 is 16.0 Å². The second-order valence-corrected chi connectivity index (χ2v) is 6.61. The van der Waals surface area contributed by atoms with E-state index in [0.29, 0.717) is 34.3 Å². The van der Waals surface area contributed by atoms with Crippen molar-refractivity contribution in [1.82, 2.24) is 9.97 Å². The minimum Gasteiger partial charge on any atom is -0.340 e. The van der Waals surface area contributed by atoms with Gasteiger partial charge in [-0.2, -0.15) is 0 Å². The quantitative estimate of drug-likeness (QED) is 0.512. The molecule has 0 aliphatic heterocycles. The Morgan fingerprint density at radius 2 is 1.77 bits per heavy atom. The highest BCUT2D eigenvalue weighted by molar-refractivity contribution is 6.01. The number of rotatable bonds is 6. The summed E-state index contributed by atoms with van der Waals surface area (Å²) in [5.41, 5.74) is 2.18. The van der Waals surface area contributed by atoms with Gasteiger partial charge in [0.15, 0.2) is 0 Å². The van der Waals surface area contributed by atoms with Crippen LogP contribution in [0.15, 0.2) is 67.5 Å². The van der Waals surface area contributed by atoms with E-state index in [4.69, 9.17) is 0 Å². The van der Waals surface area contributed by atoms with Crippen molar-refractivity contribution in [3.63, 3.8) is 0 Å². The van der Waals surface area contributed by atoms with Crippen LogP contribution in [0.25, 0.3) is 0 Å². The van der Waals surface area contributed by atoms with Crippen LogP contribution in [-0.4, -0.2) is 29.0 Å². The van der Waals surface area contributed by atoms with Gasteiger partial charge in [-0.1, -0.05) is 12.6 Å². The van der Waals surface area contributed by atoms with Gasteiger partial charge in [0.25, 0.3) is 0 Å². The van der Waals surface area contributed by atoms with Crippen molar-refractivity contribution < 1.29 is 14.0 Å². The first-order chi connectivity index (χ1) is 14.9. The number of aromatic nitrogens is 2. The number of halogens is 1. The predicted octanol–water partition coefficient (Wildman–Crippen LogP) is 4.46. The number of carbonyl (C=O) groups is 2. The van der Waals surface area contributed by atoms with Crippen molar-refractivity contribution in [1.29, 1.82) is 0 Å².